The van der Waals surface area contributed by atoms with Crippen LogP contribution in [0.3, 0.4) is 0 Å². The lowest BCUT2D eigenvalue weighted by atomic mass is 10.0. The van der Waals surface area contributed by atoms with Crippen molar-refractivity contribution in [1.82, 2.24) is 0 Å². The van der Waals surface area contributed by atoms with Crippen LogP contribution >= 0.6 is 31.9 Å². The summed E-state index contributed by atoms with van der Waals surface area (Å²) in [6.45, 7) is 1.92. The Kier molecular flexibility index (Phi) is 4.26. The number of phenols is 2. The first-order valence-corrected chi connectivity index (χ1v) is 6.14. The Hall–Kier alpha value is -0.220. The highest BCUT2D eigenvalue weighted by atomic mass is 79.9. The number of hydrogen-bond donors (Lipinski definition) is 2. The van der Waals surface area contributed by atoms with Crippen LogP contribution < -0.4 is 0 Å². The molecule has 78 valence electrons. The summed E-state index contributed by atoms with van der Waals surface area (Å²) >= 11 is 6.74. The molecule has 0 unspecified atom stereocenters. The van der Waals surface area contributed by atoms with Gasteiger partial charge in [0, 0.05) is 5.56 Å². The quantitative estimate of drug-likeness (QED) is 0.660. The van der Waals surface area contributed by atoms with Crippen LogP contribution in [-0.4, -0.2) is 13.9 Å². The summed E-state index contributed by atoms with van der Waals surface area (Å²) in [5.74, 6) is -0.0445. The third-order valence-corrected chi connectivity index (χ3v) is 3.02. The number of hydrogen-bond acceptors (Lipinski definition) is 2. The average Bonchev–Trinajstić information content (AvgIpc) is 2.11. The fraction of sp³-hybridized carbons (Fsp3) is 0.400. The zero-order chi connectivity index (χ0) is 10.7. The molecule has 2 N–H and O–H groups in total. The molecule has 0 radical (unpaired) electrons. The van der Waals surface area contributed by atoms with Gasteiger partial charge in [-0.15, -0.1) is 0 Å². The van der Waals surface area contributed by atoms with Crippen molar-refractivity contribution >= 4 is 31.9 Å². The van der Waals surface area contributed by atoms with Gasteiger partial charge in [0.05, 0.1) is 3.74 Å². The van der Waals surface area contributed by atoms with Gasteiger partial charge in [-0.1, -0.05) is 37.9 Å². The van der Waals surface area contributed by atoms with E-state index in [0.717, 1.165) is 24.0 Å². The summed E-state index contributed by atoms with van der Waals surface area (Å²) < 4.78 is 0.233. The maximum atomic E-state index is 9.61. The molecule has 0 atom stereocenters. The number of aryl methyl sites for hydroxylation is 1. The second-order valence-corrected chi connectivity index (χ2v) is 6.60. The molecule has 0 fully saturated rings. The Morgan fingerprint density at radius 2 is 1.93 bits per heavy atom. The maximum absolute atomic E-state index is 9.61. The van der Waals surface area contributed by atoms with Gasteiger partial charge in [0.25, 0.3) is 0 Å². The molecule has 14 heavy (non-hydrogen) atoms. The fourth-order valence-corrected chi connectivity index (χ4v) is 1.75. The number of alkyl halides is 2. The van der Waals surface area contributed by atoms with Gasteiger partial charge >= 0.3 is 0 Å². The standard InChI is InChI=1S/C10H12Br2O2/c1-6-2-4-8(13)10(14)7(6)3-5-9(11)12/h2,4,9,13-14H,3,5H2,1H3. The Bertz CT molecular complexity index is 324. The Morgan fingerprint density at radius 1 is 1.29 bits per heavy atom. The van der Waals surface area contributed by atoms with Crippen molar-refractivity contribution in [3.8, 4) is 11.5 Å². The molecular formula is C10H12Br2O2. The van der Waals surface area contributed by atoms with Crippen LogP contribution in [0.25, 0.3) is 0 Å². The normalized spacial score (nSPS) is 10.9. The molecule has 0 aliphatic carbocycles. The highest BCUT2D eigenvalue weighted by molar-refractivity contribution is 9.24. The molecule has 0 heterocycles. The van der Waals surface area contributed by atoms with Gasteiger partial charge in [0.1, 0.15) is 0 Å². The van der Waals surface area contributed by atoms with Crippen LogP contribution in [0.4, 0.5) is 0 Å². The Balaban J connectivity index is 2.89. The fourth-order valence-electron chi connectivity index (χ4n) is 1.29. The van der Waals surface area contributed by atoms with E-state index in [1.165, 1.54) is 6.07 Å². The second kappa shape index (κ2) is 5.03. The summed E-state index contributed by atoms with van der Waals surface area (Å²) in [6.07, 6.45) is 1.59. The van der Waals surface area contributed by atoms with E-state index in [2.05, 4.69) is 31.9 Å². The maximum Gasteiger partial charge on any atom is 0.160 e. The minimum atomic E-state index is -0.0497. The first-order valence-electron chi connectivity index (χ1n) is 4.31. The van der Waals surface area contributed by atoms with Crippen molar-refractivity contribution < 1.29 is 10.2 Å². The molecule has 1 aromatic rings. The molecule has 4 heteroatoms. The van der Waals surface area contributed by atoms with Crippen molar-refractivity contribution in [3.63, 3.8) is 0 Å². The van der Waals surface area contributed by atoms with Crippen molar-refractivity contribution in [1.29, 1.82) is 0 Å². The van der Waals surface area contributed by atoms with E-state index in [1.807, 2.05) is 13.0 Å². The molecular weight excluding hydrogens is 312 g/mol. The molecule has 0 saturated carbocycles. The number of halogens is 2. The summed E-state index contributed by atoms with van der Waals surface area (Å²) in [5.41, 5.74) is 1.81. The minimum absolute atomic E-state index is 0.00523. The van der Waals surface area contributed by atoms with Gasteiger partial charge in [-0.05, 0) is 31.4 Å². The topological polar surface area (TPSA) is 40.5 Å². The molecule has 0 aliphatic rings. The second-order valence-electron chi connectivity index (χ2n) is 3.16. The summed E-state index contributed by atoms with van der Waals surface area (Å²) in [6, 6.07) is 3.32. The molecule has 0 amide bonds. The molecule has 0 aliphatic heterocycles. The van der Waals surface area contributed by atoms with Crippen LogP contribution in [0.5, 0.6) is 11.5 Å². The zero-order valence-electron chi connectivity index (χ0n) is 7.80. The Morgan fingerprint density at radius 3 is 2.50 bits per heavy atom. The third kappa shape index (κ3) is 2.89. The molecule has 1 aromatic carbocycles. The van der Waals surface area contributed by atoms with E-state index in [1.54, 1.807) is 0 Å². The van der Waals surface area contributed by atoms with Crippen molar-refractivity contribution in [2.24, 2.45) is 0 Å². The van der Waals surface area contributed by atoms with E-state index >= 15 is 0 Å². The van der Waals surface area contributed by atoms with Gasteiger partial charge < -0.3 is 10.2 Å². The predicted octanol–water partition coefficient (Wildman–Crippen LogP) is 3.45. The number of rotatable bonds is 3. The van der Waals surface area contributed by atoms with E-state index in [0.29, 0.717) is 0 Å². The summed E-state index contributed by atoms with van der Waals surface area (Å²) in [7, 11) is 0. The van der Waals surface area contributed by atoms with Crippen LogP contribution in [-0.2, 0) is 6.42 Å². The lowest BCUT2D eigenvalue weighted by Crippen LogP contribution is -1.94. The lowest BCUT2D eigenvalue weighted by molar-refractivity contribution is 0.398. The number of aromatic hydroxyl groups is 2. The zero-order valence-corrected chi connectivity index (χ0v) is 11.0. The first kappa shape index (κ1) is 11.9. The SMILES string of the molecule is Cc1ccc(O)c(O)c1CCC(Br)Br. The van der Waals surface area contributed by atoms with Crippen LogP contribution in [0.15, 0.2) is 12.1 Å². The molecule has 0 spiro atoms. The van der Waals surface area contributed by atoms with E-state index in [-0.39, 0.29) is 15.2 Å². The highest BCUT2D eigenvalue weighted by Gasteiger charge is 2.10. The number of benzene rings is 1. The Labute approximate surface area is 100 Å². The molecule has 2 nitrogen and oxygen atoms in total. The molecule has 0 saturated heterocycles. The van der Waals surface area contributed by atoms with Crippen LogP contribution in [0.1, 0.15) is 17.5 Å². The predicted molar refractivity (Wildman–Crippen MR) is 64.5 cm³/mol. The minimum Gasteiger partial charge on any atom is -0.504 e. The largest absolute Gasteiger partial charge is 0.504 e. The van der Waals surface area contributed by atoms with Crippen molar-refractivity contribution in [3.05, 3.63) is 23.3 Å². The first-order chi connectivity index (χ1) is 6.52. The monoisotopic (exact) mass is 322 g/mol. The summed E-state index contributed by atoms with van der Waals surface area (Å²) in [5, 5.41) is 18.9. The van der Waals surface area contributed by atoms with Crippen molar-refractivity contribution in [2.45, 2.75) is 23.5 Å². The smallest absolute Gasteiger partial charge is 0.160 e. The van der Waals surface area contributed by atoms with Crippen LogP contribution in [0, 0.1) is 6.92 Å². The lowest BCUT2D eigenvalue weighted by Gasteiger charge is -2.09. The van der Waals surface area contributed by atoms with E-state index in [9.17, 15) is 10.2 Å². The van der Waals surface area contributed by atoms with Gasteiger partial charge in [-0.25, -0.2) is 0 Å². The molecule has 0 aromatic heterocycles. The number of phenolic OH excluding ortho intramolecular Hbond substituents is 2. The molecule has 1 rings (SSSR count). The van der Waals surface area contributed by atoms with Gasteiger partial charge in [0.2, 0.25) is 0 Å². The van der Waals surface area contributed by atoms with Crippen molar-refractivity contribution in [2.75, 3.05) is 0 Å². The van der Waals surface area contributed by atoms with Crippen LogP contribution in [0.2, 0.25) is 0 Å². The van der Waals surface area contributed by atoms with Gasteiger partial charge in [0.15, 0.2) is 11.5 Å². The molecule has 0 bridgehead atoms. The van der Waals surface area contributed by atoms with Gasteiger partial charge in [-0.3, -0.25) is 0 Å². The van der Waals surface area contributed by atoms with E-state index in [4.69, 9.17) is 0 Å². The highest BCUT2D eigenvalue weighted by Crippen LogP contribution is 2.32. The van der Waals surface area contributed by atoms with Gasteiger partial charge in [-0.2, -0.15) is 0 Å². The summed E-state index contributed by atoms with van der Waals surface area (Å²) in [4.78, 5) is 0. The third-order valence-electron chi connectivity index (χ3n) is 2.11. The average molecular weight is 324 g/mol. The van der Waals surface area contributed by atoms with E-state index < -0.39 is 0 Å².